The van der Waals surface area contributed by atoms with Crippen molar-refractivity contribution in [3.8, 4) is 0 Å². The normalized spacial score (nSPS) is 13.8. The highest BCUT2D eigenvalue weighted by Gasteiger charge is 2.17. The van der Waals surface area contributed by atoms with E-state index in [1.165, 1.54) is 22.9 Å². The molecule has 1 aliphatic rings. The standard InChI is InChI=1S/C18H20N6O3S/c1-11(25)19-17-21-13-7-6-12(9-14(13)28-17)20-16(26)10-24-18(27)23-8-4-2-3-5-15(23)22-24/h6-7,9H,2-5,8,10H2,1H3,(H,20,26)(H,19,21,25). The fourth-order valence-corrected chi connectivity index (χ4v) is 4.22. The zero-order chi connectivity index (χ0) is 19.7. The molecule has 9 nitrogen and oxygen atoms in total. The van der Waals surface area contributed by atoms with E-state index in [1.54, 1.807) is 22.8 Å². The van der Waals surface area contributed by atoms with Gasteiger partial charge in [0, 0.05) is 25.6 Å². The molecule has 2 N–H and O–H groups in total. The number of aryl methyl sites for hydroxylation is 1. The van der Waals surface area contributed by atoms with E-state index in [0.717, 1.165) is 41.7 Å². The van der Waals surface area contributed by atoms with Gasteiger partial charge in [0.15, 0.2) is 5.13 Å². The molecule has 2 amide bonds. The Morgan fingerprint density at radius 3 is 2.89 bits per heavy atom. The second kappa shape index (κ2) is 7.55. The Labute approximate surface area is 164 Å². The quantitative estimate of drug-likeness (QED) is 0.696. The molecule has 0 fully saturated rings. The molecule has 3 aromatic rings. The first-order valence-corrected chi connectivity index (χ1v) is 9.96. The lowest BCUT2D eigenvalue weighted by atomic mass is 10.2. The molecule has 0 saturated heterocycles. The highest BCUT2D eigenvalue weighted by atomic mass is 32.1. The molecule has 1 aromatic carbocycles. The lowest BCUT2D eigenvalue weighted by Crippen LogP contribution is -2.30. The number of nitrogens with zero attached hydrogens (tertiary/aromatic N) is 4. The number of aromatic nitrogens is 4. The van der Waals surface area contributed by atoms with Gasteiger partial charge in [-0.05, 0) is 31.0 Å². The molecule has 4 rings (SSSR count). The number of benzene rings is 1. The van der Waals surface area contributed by atoms with Crippen LogP contribution in [0.3, 0.4) is 0 Å². The third kappa shape index (κ3) is 3.81. The molecule has 0 atom stereocenters. The molecule has 0 bridgehead atoms. The number of fused-ring (bicyclic) bond motifs is 2. The first-order chi connectivity index (χ1) is 13.5. The SMILES string of the molecule is CC(=O)Nc1nc2ccc(NC(=O)Cn3nc4n(c3=O)CCCCC4)cc2s1. The van der Waals surface area contributed by atoms with E-state index < -0.39 is 0 Å². The van der Waals surface area contributed by atoms with E-state index >= 15 is 0 Å². The van der Waals surface area contributed by atoms with Crippen molar-refractivity contribution in [2.24, 2.45) is 0 Å². The van der Waals surface area contributed by atoms with Gasteiger partial charge in [0.1, 0.15) is 12.4 Å². The van der Waals surface area contributed by atoms with Crippen LogP contribution >= 0.6 is 11.3 Å². The Balaban J connectivity index is 1.48. The maximum atomic E-state index is 12.5. The number of anilines is 2. The summed E-state index contributed by atoms with van der Waals surface area (Å²) in [4.78, 5) is 40.3. The molecule has 28 heavy (non-hydrogen) atoms. The summed E-state index contributed by atoms with van der Waals surface area (Å²) in [6.45, 7) is 1.96. The summed E-state index contributed by atoms with van der Waals surface area (Å²) in [7, 11) is 0. The van der Waals surface area contributed by atoms with Gasteiger partial charge >= 0.3 is 5.69 Å². The fraction of sp³-hybridized carbons (Fsp3) is 0.389. The van der Waals surface area contributed by atoms with Crippen LogP contribution in [0.1, 0.15) is 32.0 Å². The van der Waals surface area contributed by atoms with Crippen LogP contribution in [0.2, 0.25) is 0 Å². The number of carbonyl (C=O) groups excluding carboxylic acids is 2. The van der Waals surface area contributed by atoms with Crippen molar-refractivity contribution in [3.05, 3.63) is 34.5 Å². The smallest absolute Gasteiger partial charge is 0.324 e. The van der Waals surface area contributed by atoms with Crippen molar-refractivity contribution >= 4 is 44.2 Å². The molecule has 0 saturated carbocycles. The van der Waals surface area contributed by atoms with Crippen molar-refractivity contribution < 1.29 is 9.59 Å². The predicted octanol–water partition coefficient (Wildman–Crippen LogP) is 1.98. The van der Waals surface area contributed by atoms with Gasteiger partial charge in [-0.2, -0.15) is 5.10 Å². The van der Waals surface area contributed by atoms with Gasteiger partial charge in [0.2, 0.25) is 11.8 Å². The van der Waals surface area contributed by atoms with E-state index in [2.05, 4.69) is 20.7 Å². The van der Waals surface area contributed by atoms with E-state index in [9.17, 15) is 14.4 Å². The van der Waals surface area contributed by atoms with E-state index in [1.807, 2.05) is 0 Å². The highest BCUT2D eigenvalue weighted by molar-refractivity contribution is 7.22. The highest BCUT2D eigenvalue weighted by Crippen LogP contribution is 2.28. The minimum atomic E-state index is -0.318. The molecular weight excluding hydrogens is 380 g/mol. The van der Waals surface area contributed by atoms with Gasteiger partial charge in [-0.15, -0.1) is 0 Å². The Morgan fingerprint density at radius 2 is 2.07 bits per heavy atom. The number of thiazole rings is 1. The first kappa shape index (κ1) is 18.4. The molecule has 10 heteroatoms. The zero-order valence-corrected chi connectivity index (χ0v) is 16.2. The van der Waals surface area contributed by atoms with Crippen LogP contribution in [0.4, 0.5) is 10.8 Å². The van der Waals surface area contributed by atoms with Crippen LogP contribution in [0.15, 0.2) is 23.0 Å². The van der Waals surface area contributed by atoms with Crippen molar-refractivity contribution in [1.82, 2.24) is 19.3 Å². The molecule has 0 aliphatic carbocycles. The average Bonchev–Trinajstić information content (AvgIpc) is 3.04. The number of hydrogen-bond acceptors (Lipinski definition) is 6. The Morgan fingerprint density at radius 1 is 1.21 bits per heavy atom. The summed E-state index contributed by atoms with van der Waals surface area (Å²) in [5, 5.41) is 10.3. The van der Waals surface area contributed by atoms with E-state index in [-0.39, 0.29) is 24.0 Å². The topological polar surface area (TPSA) is 111 Å². The molecular formula is C18H20N6O3S. The van der Waals surface area contributed by atoms with Crippen molar-refractivity contribution in [3.63, 3.8) is 0 Å². The Bertz CT molecular complexity index is 1110. The molecule has 0 unspecified atom stereocenters. The summed E-state index contributed by atoms with van der Waals surface area (Å²) in [5.74, 6) is 0.254. The summed E-state index contributed by atoms with van der Waals surface area (Å²) in [5.41, 5.74) is 1.11. The molecule has 3 heterocycles. The fourth-order valence-electron chi connectivity index (χ4n) is 3.27. The van der Waals surface area contributed by atoms with E-state index in [4.69, 9.17) is 0 Å². The molecule has 0 spiro atoms. The number of amides is 2. The molecule has 0 radical (unpaired) electrons. The van der Waals surface area contributed by atoms with Crippen LogP contribution in [-0.2, 0) is 29.1 Å². The van der Waals surface area contributed by atoms with Gasteiger partial charge in [-0.3, -0.25) is 14.2 Å². The monoisotopic (exact) mass is 400 g/mol. The second-order valence-electron chi connectivity index (χ2n) is 6.75. The van der Waals surface area contributed by atoms with Crippen molar-refractivity contribution in [1.29, 1.82) is 0 Å². The van der Waals surface area contributed by atoms with Crippen LogP contribution in [0.5, 0.6) is 0 Å². The molecule has 1 aliphatic heterocycles. The van der Waals surface area contributed by atoms with Gasteiger partial charge in [-0.1, -0.05) is 17.8 Å². The average molecular weight is 400 g/mol. The number of rotatable bonds is 4. The van der Waals surface area contributed by atoms with Gasteiger partial charge in [0.25, 0.3) is 0 Å². The van der Waals surface area contributed by atoms with Crippen LogP contribution < -0.4 is 16.3 Å². The zero-order valence-electron chi connectivity index (χ0n) is 15.4. The maximum Gasteiger partial charge on any atom is 0.346 e. The number of carbonyl (C=O) groups is 2. The van der Waals surface area contributed by atoms with Crippen LogP contribution in [-0.4, -0.2) is 31.1 Å². The molecule has 2 aromatic heterocycles. The lowest BCUT2D eigenvalue weighted by molar-refractivity contribution is -0.117. The second-order valence-corrected chi connectivity index (χ2v) is 7.78. The minimum absolute atomic E-state index is 0.128. The third-order valence-electron chi connectivity index (χ3n) is 4.53. The van der Waals surface area contributed by atoms with Gasteiger partial charge in [-0.25, -0.2) is 14.5 Å². The maximum absolute atomic E-state index is 12.5. The van der Waals surface area contributed by atoms with Crippen LogP contribution in [0, 0.1) is 0 Å². The number of hydrogen-bond donors (Lipinski definition) is 2. The summed E-state index contributed by atoms with van der Waals surface area (Å²) < 4.78 is 3.75. The van der Waals surface area contributed by atoms with E-state index in [0.29, 0.717) is 17.4 Å². The lowest BCUT2D eigenvalue weighted by Gasteiger charge is -2.04. The Kier molecular flexibility index (Phi) is 4.95. The summed E-state index contributed by atoms with van der Waals surface area (Å²) >= 11 is 1.33. The number of nitrogens with one attached hydrogen (secondary N) is 2. The summed E-state index contributed by atoms with van der Waals surface area (Å²) in [6, 6.07) is 5.31. The Hall–Kier alpha value is -3.01. The van der Waals surface area contributed by atoms with Crippen LogP contribution in [0.25, 0.3) is 10.2 Å². The third-order valence-corrected chi connectivity index (χ3v) is 5.46. The van der Waals surface area contributed by atoms with Gasteiger partial charge < -0.3 is 10.6 Å². The minimum Gasteiger partial charge on any atom is -0.324 e. The largest absolute Gasteiger partial charge is 0.346 e. The molecule has 146 valence electrons. The van der Waals surface area contributed by atoms with Crippen molar-refractivity contribution in [2.75, 3.05) is 10.6 Å². The van der Waals surface area contributed by atoms with Crippen molar-refractivity contribution in [2.45, 2.75) is 45.7 Å². The van der Waals surface area contributed by atoms with Gasteiger partial charge in [0.05, 0.1) is 10.2 Å². The predicted molar refractivity (Wildman–Crippen MR) is 107 cm³/mol. The first-order valence-electron chi connectivity index (χ1n) is 9.14. The summed E-state index contributed by atoms with van der Waals surface area (Å²) in [6.07, 6.45) is 3.83.